The van der Waals surface area contributed by atoms with Crippen LogP contribution in [0.4, 0.5) is 5.69 Å². The highest BCUT2D eigenvalue weighted by Gasteiger charge is 2.22. The molecule has 4 aromatic rings. The molecule has 0 spiro atoms. The fourth-order valence-electron chi connectivity index (χ4n) is 3.14. The molecular weight excluding hydrogens is 386 g/mol. The SMILES string of the molecule is NC(=O)c1ccccc1N=Cc1cc2ccccc2n1S(=O)(=O)c1ccccc1. The van der Waals surface area contributed by atoms with E-state index < -0.39 is 15.9 Å². The first-order valence-electron chi connectivity index (χ1n) is 8.82. The Bertz CT molecular complexity index is 1340. The molecule has 0 saturated heterocycles. The number of para-hydroxylation sites is 2. The quantitative estimate of drug-likeness (QED) is 0.515. The van der Waals surface area contributed by atoms with Crippen LogP contribution in [-0.2, 0) is 10.0 Å². The minimum Gasteiger partial charge on any atom is -0.366 e. The van der Waals surface area contributed by atoms with Gasteiger partial charge in [0.2, 0.25) is 0 Å². The van der Waals surface area contributed by atoms with E-state index in [-0.39, 0.29) is 10.5 Å². The van der Waals surface area contributed by atoms with Crippen LogP contribution in [0.25, 0.3) is 10.9 Å². The lowest BCUT2D eigenvalue weighted by Gasteiger charge is -2.10. The molecule has 0 radical (unpaired) electrons. The first-order valence-corrected chi connectivity index (χ1v) is 10.3. The maximum absolute atomic E-state index is 13.3. The number of nitrogens with two attached hydrogens (primary N) is 1. The Labute approximate surface area is 168 Å². The minimum atomic E-state index is -3.85. The van der Waals surface area contributed by atoms with Crippen molar-refractivity contribution in [1.82, 2.24) is 3.97 Å². The second kappa shape index (κ2) is 7.37. The molecule has 7 heteroatoms. The van der Waals surface area contributed by atoms with Gasteiger partial charge in [0.1, 0.15) is 0 Å². The van der Waals surface area contributed by atoms with Crippen LogP contribution in [0.1, 0.15) is 16.1 Å². The highest BCUT2D eigenvalue weighted by atomic mass is 32.2. The molecule has 0 unspecified atom stereocenters. The molecule has 0 fully saturated rings. The van der Waals surface area contributed by atoms with E-state index in [1.807, 2.05) is 12.1 Å². The lowest BCUT2D eigenvalue weighted by Crippen LogP contribution is -2.15. The zero-order valence-electron chi connectivity index (χ0n) is 15.3. The van der Waals surface area contributed by atoms with Crippen LogP contribution in [0.2, 0.25) is 0 Å². The van der Waals surface area contributed by atoms with Crippen LogP contribution >= 0.6 is 0 Å². The molecule has 0 aliphatic heterocycles. The molecule has 144 valence electrons. The summed E-state index contributed by atoms with van der Waals surface area (Å²) in [5.41, 5.74) is 6.95. The number of hydrogen-bond donors (Lipinski definition) is 1. The van der Waals surface area contributed by atoms with Gasteiger partial charge in [0.25, 0.3) is 15.9 Å². The number of aliphatic imine (C=N–C) groups is 1. The second-order valence-corrected chi connectivity index (χ2v) is 8.14. The highest BCUT2D eigenvalue weighted by Crippen LogP contribution is 2.26. The number of benzene rings is 3. The van der Waals surface area contributed by atoms with Gasteiger partial charge in [-0.05, 0) is 36.4 Å². The summed E-state index contributed by atoms with van der Waals surface area (Å²) in [6.07, 6.45) is 1.43. The number of nitrogens with zero attached hydrogens (tertiary/aromatic N) is 2. The van der Waals surface area contributed by atoms with E-state index in [0.29, 0.717) is 16.9 Å². The van der Waals surface area contributed by atoms with E-state index in [2.05, 4.69) is 4.99 Å². The van der Waals surface area contributed by atoms with Crippen LogP contribution in [0.15, 0.2) is 94.8 Å². The van der Waals surface area contributed by atoms with E-state index in [0.717, 1.165) is 5.39 Å². The zero-order chi connectivity index (χ0) is 20.4. The summed E-state index contributed by atoms with van der Waals surface area (Å²) in [7, 11) is -3.85. The van der Waals surface area contributed by atoms with Crippen LogP contribution in [0.5, 0.6) is 0 Å². The molecule has 0 bridgehead atoms. The van der Waals surface area contributed by atoms with Crippen LogP contribution in [-0.4, -0.2) is 24.5 Å². The molecule has 1 amide bonds. The largest absolute Gasteiger partial charge is 0.366 e. The fraction of sp³-hybridized carbons (Fsp3) is 0. The molecule has 3 aromatic carbocycles. The molecule has 4 rings (SSSR count). The first-order chi connectivity index (χ1) is 14.0. The van der Waals surface area contributed by atoms with Crippen molar-refractivity contribution in [2.75, 3.05) is 0 Å². The number of fused-ring (bicyclic) bond motifs is 1. The van der Waals surface area contributed by atoms with Gasteiger partial charge in [0.05, 0.1) is 33.6 Å². The standard InChI is InChI=1S/C22H17N3O3S/c23-22(26)19-11-5-6-12-20(19)24-15-17-14-16-8-4-7-13-21(16)25(17)29(27,28)18-9-2-1-3-10-18/h1-15H,(H2,23,26). The number of hydrogen-bond acceptors (Lipinski definition) is 4. The molecule has 1 aromatic heterocycles. The van der Waals surface area contributed by atoms with Gasteiger partial charge in [-0.15, -0.1) is 0 Å². The first kappa shape index (κ1) is 18.6. The van der Waals surface area contributed by atoms with Gasteiger partial charge < -0.3 is 5.73 Å². The highest BCUT2D eigenvalue weighted by molar-refractivity contribution is 7.90. The van der Waals surface area contributed by atoms with Crippen molar-refractivity contribution in [2.24, 2.45) is 10.7 Å². The third-order valence-corrected chi connectivity index (χ3v) is 6.24. The maximum Gasteiger partial charge on any atom is 0.268 e. The smallest absolute Gasteiger partial charge is 0.268 e. The molecule has 29 heavy (non-hydrogen) atoms. The Morgan fingerprint density at radius 2 is 1.55 bits per heavy atom. The summed E-state index contributed by atoms with van der Waals surface area (Å²) in [6, 6.07) is 23.8. The minimum absolute atomic E-state index is 0.175. The van der Waals surface area contributed by atoms with Crippen molar-refractivity contribution in [2.45, 2.75) is 4.90 Å². The lowest BCUT2D eigenvalue weighted by atomic mass is 10.2. The molecule has 0 aliphatic rings. The van der Waals surface area contributed by atoms with E-state index in [1.165, 1.54) is 10.2 Å². The number of rotatable bonds is 5. The van der Waals surface area contributed by atoms with Crippen LogP contribution in [0.3, 0.4) is 0 Å². The predicted octanol–water partition coefficient (Wildman–Crippen LogP) is 3.73. The summed E-state index contributed by atoms with van der Waals surface area (Å²) in [6.45, 7) is 0. The number of amides is 1. The summed E-state index contributed by atoms with van der Waals surface area (Å²) in [5.74, 6) is -0.602. The van der Waals surface area contributed by atoms with Crippen molar-refractivity contribution in [1.29, 1.82) is 0 Å². The number of carbonyl (C=O) groups excluding carboxylic acids is 1. The van der Waals surface area contributed by atoms with E-state index >= 15 is 0 Å². The molecule has 0 saturated carbocycles. The Balaban J connectivity index is 1.91. The molecule has 0 aliphatic carbocycles. The van der Waals surface area contributed by atoms with Crippen molar-refractivity contribution < 1.29 is 13.2 Å². The van der Waals surface area contributed by atoms with Crippen LogP contribution < -0.4 is 5.73 Å². The van der Waals surface area contributed by atoms with E-state index in [9.17, 15) is 13.2 Å². The summed E-state index contributed by atoms with van der Waals surface area (Å²) in [4.78, 5) is 16.2. The Morgan fingerprint density at radius 3 is 2.31 bits per heavy atom. The summed E-state index contributed by atoms with van der Waals surface area (Å²) >= 11 is 0. The number of carbonyl (C=O) groups is 1. The van der Waals surface area contributed by atoms with E-state index in [1.54, 1.807) is 72.8 Å². The normalized spacial score (nSPS) is 11.9. The third kappa shape index (κ3) is 3.43. The second-order valence-electron chi connectivity index (χ2n) is 6.35. The molecule has 6 nitrogen and oxygen atoms in total. The molecule has 2 N–H and O–H groups in total. The van der Waals surface area contributed by atoms with Gasteiger partial charge in [0.15, 0.2) is 0 Å². The Hall–Kier alpha value is -3.71. The lowest BCUT2D eigenvalue weighted by molar-refractivity contribution is 0.100. The topological polar surface area (TPSA) is 94.5 Å². The monoisotopic (exact) mass is 403 g/mol. The molecular formula is C22H17N3O3S. The van der Waals surface area contributed by atoms with Crippen molar-refractivity contribution >= 4 is 38.7 Å². The van der Waals surface area contributed by atoms with Gasteiger partial charge in [-0.2, -0.15) is 0 Å². The van der Waals surface area contributed by atoms with Gasteiger partial charge in [-0.1, -0.05) is 48.5 Å². The van der Waals surface area contributed by atoms with Crippen molar-refractivity contribution in [3.8, 4) is 0 Å². The average molecular weight is 403 g/mol. The Kier molecular flexibility index (Phi) is 4.74. The zero-order valence-corrected chi connectivity index (χ0v) is 16.1. The maximum atomic E-state index is 13.3. The number of aromatic nitrogens is 1. The Morgan fingerprint density at radius 1 is 0.897 bits per heavy atom. The van der Waals surface area contributed by atoms with Gasteiger partial charge in [-0.25, -0.2) is 12.4 Å². The van der Waals surface area contributed by atoms with Crippen LogP contribution in [0, 0.1) is 0 Å². The summed E-state index contributed by atoms with van der Waals surface area (Å²) < 4.78 is 27.9. The van der Waals surface area contributed by atoms with Gasteiger partial charge in [-0.3, -0.25) is 9.79 Å². The van der Waals surface area contributed by atoms with Crippen molar-refractivity contribution in [3.05, 3.63) is 96.2 Å². The fourth-order valence-corrected chi connectivity index (χ4v) is 4.65. The van der Waals surface area contributed by atoms with E-state index in [4.69, 9.17) is 5.73 Å². The summed E-state index contributed by atoms with van der Waals surface area (Å²) in [5, 5.41) is 0.761. The molecule has 0 atom stereocenters. The predicted molar refractivity (Wildman–Crippen MR) is 113 cm³/mol. The van der Waals surface area contributed by atoms with Crippen molar-refractivity contribution in [3.63, 3.8) is 0 Å². The third-order valence-electron chi connectivity index (χ3n) is 4.48. The average Bonchev–Trinajstić information content (AvgIpc) is 3.12. The molecule has 1 heterocycles. The van der Waals surface area contributed by atoms with Gasteiger partial charge >= 0.3 is 0 Å². The van der Waals surface area contributed by atoms with Gasteiger partial charge in [0, 0.05) is 5.39 Å². The number of primary amides is 1.